The highest BCUT2D eigenvalue weighted by atomic mass is 35.5. The largest absolute Gasteiger partial charge is 0.298 e. The first kappa shape index (κ1) is 10.5. The van der Waals surface area contributed by atoms with E-state index in [1.165, 1.54) is 11.3 Å². The fourth-order valence-corrected chi connectivity index (χ4v) is 2.09. The van der Waals surface area contributed by atoms with Crippen molar-refractivity contribution in [1.29, 1.82) is 0 Å². The van der Waals surface area contributed by atoms with Crippen LogP contribution in [0.15, 0.2) is 18.7 Å². The van der Waals surface area contributed by atoms with Crippen LogP contribution in [0.3, 0.4) is 0 Å². The van der Waals surface area contributed by atoms with Gasteiger partial charge in [-0.2, -0.15) is 0 Å². The first-order valence-corrected chi connectivity index (χ1v) is 5.87. The highest BCUT2D eigenvalue weighted by Gasteiger charge is 2.29. The SMILES string of the molecule is C=C(NNC(=O)C1CC1)c1ccc(Cl)s1. The predicted molar refractivity (Wildman–Crippen MR) is 62.4 cm³/mol. The molecule has 0 radical (unpaired) electrons. The Hall–Kier alpha value is -1.000. The summed E-state index contributed by atoms with van der Waals surface area (Å²) in [6.45, 7) is 3.82. The lowest BCUT2D eigenvalue weighted by atomic mass is 10.4. The zero-order valence-electron chi connectivity index (χ0n) is 8.05. The van der Waals surface area contributed by atoms with Crippen LogP contribution in [-0.2, 0) is 4.79 Å². The molecular weight excluding hydrogens is 232 g/mol. The van der Waals surface area contributed by atoms with Gasteiger partial charge in [0.05, 0.1) is 14.9 Å². The molecule has 0 spiro atoms. The summed E-state index contributed by atoms with van der Waals surface area (Å²) in [6, 6.07) is 3.67. The molecule has 0 atom stereocenters. The summed E-state index contributed by atoms with van der Waals surface area (Å²) in [5.41, 5.74) is 6.09. The number of rotatable bonds is 4. The highest BCUT2D eigenvalue weighted by Crippen LogP contribution is 2.29. The lowest BCUT2D eigenvalue weighted by Gasteiger charge is -2.08. The Labute approximate surface area is 97.1 Å². The first-order chi connectivity index (χ1) is 7.16. The van der Waals surface area contributed by atoms with Gasteiger partial charge in [-0.15, -0.1) is 11.3 Å². The maximum Gasteiger partial charge on any atom is 0.241 e. The molecule has 1 aromatic rings. The van der Waals surface area contributed by atoms with Crippen molar-refractivity contribution >= 4 is 34.5 Å². The molecule has 1 amide bonds. The van der Waals surface area contributed by atoms with Crippen molar-refractivity contribution in [2.45, 2.75) is 12.8 Å². The van der Waals surface area contributed by atoms with Gasteiger partial charge in [-0.3, -0.25) is 15.6 Å². The summed E-state index contributed by atoms with van der Waals surface area (Å²) in [5.74, 6) is 0.232. The van der Waals surface area contributed by atoms with E-state index in [4.69, 9.17) is 11.6 Å². The molecule has 1 fully saturated rings. The number of hydrogen-bond donors (Lipinski definition) is 2. The fourth-order valence-electron chi connectivity index (χ4n) is 1.12. The molecule has 0 aliphatic heterocycles. The van der Waals surface area contributed by atoms with E-state index in [1.807, 2.05) is 6.07 Å². The lowest BCUT2D eigenvalue weighted by molar-refractivity contribution is -0.122. The second kappa shape index (κ2) is 4.24. The highest BCUT2D eigenvalue weighted by molar-refractivity contribution is 7.17. The van der Waals surface area contributed by atoms with Gasteiger partial charge in [-0.05, 0) is 25.0 Å². The number of hydrazine groups is 1. The molecule has 1 aliphatic carbocycles. The number of halogens is 1. The molecule has 0 unspecified atom stereocenters. The number of carbonyl (C=O) groups is 1. The summed E-state index contributed by atoms with van der Waals surface area (Å²) in [7, 11) is 0. The topological polar surface area (TPSA) is 41.1 Å². The van der Waals surface area contributed by atoms with Crippen LogP contribution in [0.2, 0.25) is 4.34 Å². The molecule has 0 aromatic carbocycles. The molecule has 1 heterocycles. The van der Waals surface area contributed by atoms with E-state index >= 15 is 0 Å². The molecule has 3 nitrogen and oxygen atoms in total. The summed E-state index contributed by atoms with van der Waals surface area (Å²) in [5, 5.41) is 0. The van der Waals surface area contributed by atoms with Crippen LogP contribution in [0.5, 0.6) is 0 Å². The zero-order valence-corrected chi connectivity index (χ0v) is 9.62. The third-order valence-corrected chi connectivity index (χ3v) is 3.45. The van der Waals surface area contributed by atoms with Gasteiger partial charge in [-0.25, -0.2) is 0 Å². The number of hydrogen-bond acceptors (Lipinski definition) is 3. The van der Waals surface area contributed by atoms with Crippen molar-refractivity contribution < 1.29 is 4.79 Å². The Bertz CT molecular complexity index is 398. The van der Waals surface area contributed by atoms with E-state index in [2.05, 4.69) is 17.4 Å². The van der Waals surface area contributed by atoms with Crippen LogP contribution in [0, 0.1) is 5.92 Å². The van der Waals surface area contributed by atoms with Crippen molar-refractivity contribution in [1.82, 2.24) is 10.9 Å². The van der Waals surface area contributed by atoms with E-state index in [1.54, 1.807) is 6.07 Å². The van der Waals surface area contributed by atoms with Gasteiger partial charge < -0.3 is 0 Å². The normalized spacial score (nSPS) is 14.7. The van der Waals surface area contributed by atoms with Gasteiger partial charge in [0.25, 0.3) is 0 Å². The van der Waals surface area contributed by atoms with Gasteiger partial charge >= 0.3 is 0 Å². The second-order valence-electron chi connectivity index (χ2n) is 3.47. The van der Waals surface area contributed by atoms with Crippen molar-refractivity contribution in [2.24, 2.45) is 5.92 Å². The van der Waals surface area contributed by atoms with Crippen LogP contribution in [-0.4, -0.2) is 5.91 Å². The number of carbonyl (C=O) groups excluding carboxylic acids is 1. The summed E-state index contributed by atoms with van der Waals surface area (Å²) >= 11 is 7.21. The molecule has 1 aliphatic rings. The molecule has 2 rings (SSSR count). The maximum atomic E-state index is 11.3. The molecule has 1 saturated carbocycles. The Morgan fingerprint density at radius 1 is 1.47 bits per heavy atom. The minimum atomic E-state index is 0.0406. The minimum Gasteiger partial charge on any atom is -0.298 e. The average Bonchev–Trinajstić information content (AvgIpc) is 2.97. The number of thiophene rings is 1. The van der Waals surface area contributed by atoms with Gasteiger partial charge in [0.2, 0.25) is 5.91 Å². The van der Waals surface area contributed by atoms with Gasteiger partial charge in [0.15, 0.2) is 0 Å². The Morgan fingerprint density at radius 3 is 2.73 bits per heavy atom. The smallest absolute Gasteiger partial charge is 0.241 e. The molecule has 1 aromatic heterocycles. The van der Waals surface area contributed by atoms with Crippen LogP contribution in [0.25, 0.3) is 5.70 Å². The third kappa shape index (κ3) is 2.73. The number of nitrogens with one attached hydrogen (secondary N) is 2. The van der Waals surface area contributed by atoms with Crippen LogP contribution in [0.4, 0.5) is 0 Å². The molecule has 80 valence electrons. The Morgan fingerprint density at radius 2 is 2.20 bits per heavy atom. The Kier molecular flexibility index (Phi) is 2.98. The van der Waals surface area contributed by atoms with Crippen LogP contribution >= 0.6 is 22.9 Å². The quantitative estimate of drug-likeness (QED) is 0.797. The van der Waals surface area contributed by atoms with Crippen molar-refractivity contribution in [3.05, 3.63) is 27.9 Å². The first-order valence-electron chi connectivity index (χ1n) is 4.67. The molecule has 5 heteroatoms. The van der Waals surface area contributed by atoms with Gasteiger partial charge in [0, 0.05) is 5.92 Å². The standard InChI is InChI=1S/C10H11ClN2OS/c1-6(8-4-5-9(11)15-8)12-13-10(14)7-2-3-7/h4-5,7,12H,1-3H2,(H,13,14). The molecule has 0 bridgehead atoms. The van der Waals surface area contributed by atoms with E-state index < -0.39 is 0 Å². The molecular formula is C10H11ClN2OS. The van der Waals surface area contributed by atoms with E-state index in [9.17, 15) is 4.79 Å². The Balaban J connectivity index is 1.84. The molecule has 2 N–H and O–H groups in total. The summed E-state index contributed by atoms with van der Waals surface area (Å²) in [6.07, 6.45) is 1.98. The fraction of sp³-hybridized carbons (Fsp3) is 0.300. The van der Waals surface area contributed by atoms with Crippen LogP contribution in [0.1, 0.15) is 17.7 Å². The zero-order chi connectivity index (χ0) is 10.8. The van der Waals surface area contributed by atoms with E-state index in [0.717, 1.165) is 17.7 Å². The van der Waals surface area contributed by atoms with Gasteiger partial charge in [0.1, 0.15) is 0 Å². The lowest BCUT2D eigenvalue weighted by Crippen LogP contribution is -2.36. The maximum absolute atomic E-state index is 11.3. The van der Waals surface area contributed by atoms with Gasteiger partial charge in [-0.1, -0.05) is 18.2 Å². The summed E-state index contributed by atoms with van der Waals surface area (Å²) < 4.78 is 0.710. The van der Waals surface area contributed by atoms with Crippen molar-refractivity contribution in [3.63, 3.8) is 0 Å². The molecule has 15 heavy (non-hydrogen) atoms. The molecule has 0 saturated heterocycles. The van der Waals surface area contributed by atoms with Crippen LogP contribution < -0.4 is 10.9 Å². The van der Waals surface area contributed by atoms with Crippen molar-refractivity contribution in [2.75, 3.05) is 0 Å². The van der Waals surface area contributed by atoms with E-state index in [-0.39, 0.29) is 11.8 Å². The second-order valence-corrected chi connectivity index (χ2v) is 5.19. The average molecular weight is 243 g/mol. The summed E-state index contributed by atoms with van der Waals surface area (Å²) in [4.78, 5) is 12.2. The predicted octanol–water partition coefficient (Wildman–Crippen LogP) is 2.40. The third-order valence-electron chi connectivity index (χ3n) is 2.16. The number of amides is 1. The minimum absolute atomic E-state index is 0.0406. The van der Waals surface area contributed by atoms with Crippen molar-refractivity contribution in [3.8, 4) is 0 Å². The van der Waals surface area contributed by atoms with E-state index in [0.29, 0.717) is 10.0 Å². The monoisotopic (exact) mass is 242 g/mol.